The number of carbonyl (C=O) groups is 2. The van der Waals surface area contributed by atoms with Gasteiger partial charge in [-0.15, -0.1) is 0 Å². The molecule has 6 nitrogen and oxygen atoms in total. The molecule has 1 atom stereocenters. The minimum atomic E-state index is -0.582. The van der Waals surface area contributed by atoms with Crippen molar-refractivity contribution in [3.8, 4) is 11.1 Å². The van der Waals surface area contributed by atoms with E-state index in [0.29, 0.717) is 6.54 Å². The van der Waals surface area contributed by atoms with Gasteiger partial charge in [-0.3, -0.25) is 10.1 Å². The molecule has 4 rings (SSSR count). The maximum Gasteiger partial charge on any atom is 0.325 e. The molecule has 1 N–H and O–H groups in total. The summed E-state index contributed by atoms with van der Waals surface area (Å²) in [5.41, 5.74) is 3.98. The van der Waals surface area contributed by atoms with E-state index in [1.54, 1.807) is 11.2 Å². The topological polar surface area (TPSA) is 67.2 Å². The first kappa shape index (κ1) is 18.0. The maximum absolute atomic E-state index is 12.4. The van der Waals surface area contributed by atoms with Crippen LogP contribution < -0.4 is 5.32 Å². The summed E-state index contributed by atoms with van der Waals surface area (Å²) in [5.74, 6) is -0.268. The summed E-state index contributed by atoms with van der Waals surface area (Å²) in [5, 5.41) is 2.44. The highest BCUT2D eigenvalue weighted by molar-refractivity contribution is 6.04. The molecule has 1 saturated heterocycles. The van der Waals surface area contributed by atoms with E-state index in [1.165, 1.54) is 0 Å². The summed E-state index contributed by atoms with van der Waals surface area (Å²) in [6.45, 7) is 3.19. The van der Waals surface area contributed by atoms with E-state index in [9.17, 15) is 9.59 Å². The van der Waals surface area contributed by atoms with Crippen molar-refractivity contribution >= 4 is 11.9 Å². The highest BCUT2D eigenvalue weighted by Crippen LogP contribution is 2.28. The SMILES string of the molecule is Cc1cn(CCCN2C(=O)NC(=O)C2c2ccc(-c3ccccc3)cc2)cn1. The van der Waals surface area contributed by atoms with Crippen molar-refractivity contribution in [3.05, 3.63) is 78.4 Å². The predicted molar refractivity (Wildman–Crippen MR) is 106 cm³/mol. The molecular weight excluding hydrogens is 352 g/mol. The fraction of sp³-hybridized carbons (Fsp3) is 0.227. The van der Waals surface area contributed by atoms with Gasteiger partial charge in [0.25, 0.3) is 5.91 Å². The lowest BCUT2D eigenvalue weighted by Gasteiger charge is -2.22. The summed E-state index contributed by atoms with van der Waals surface area (Å²) in [4.78, 5) is 30.5. The highest BCUT2D eigenvalue weighted by Gasteiger charge is 2.38. The van der Waals surface area contributed by atoms with Gasteiger partial charge in [-0.25, -0.2) is 9.78 Å². The Morgan fingerprint density at radius 2 is 1.68 bits per heavy atom. The maximum atomic E-state index is 12.4. The van der Waals surface area contributed by atoms with Crippen molar-refractivity contribution < 1.29 is 9.59 Å². The summed E-state index contributed by atoms with van der Waals surface area (Å²) < 4.78 is 1.99. The minimum absolute atomic E-state index is 0.268. The molecule has 2 aromatic carbocycles. The van der Waals surface area contributed by atoms with Gasteiger partial charge in [-0.2, -0.15) is 0 Å². The Morgan fingerprint density at radius 1 is 0.964 bits per heavy atom. The standard InChI is InChI=1S/C22H22N4O2/c1-16-14-25(15-23-16)12-5-13-26-20(21(27)24-22(26)28)19-10-8-18(9-11-19)17-6-3-2-4-7-17/h2-4,6-11,14-15,20H,5,12-13H2,1H3,(H,24,27,28). The number of rotatable bonds is 6. The van der Waals surface area contributed by atoms with Crippen LogP contribution in [-0.4, -0.2) is 32.9 Å². The molecule has 0 radical (unpaired) electrons. The molecule has 0 saturated carbocycles. The van der Waals surface area contributed by atoms with E-state index in [1.807, 2.05) is 72.3 Å². The monoisotopic (exact) mass is 374 g/mol. The average molecular weight is 374 g/mol. The van der Waals surface area contributed by atoms with Crippen LogP contribution in [0.25, 0.3) is 11.1 Å². The van der Waals surface area contributed by atoms with Crippen molar-refractivity contribution in [2.75, 3.05) is 6.54 Å². The second-order valence-corrected chi connectivity index (χ2v) is 6.98. The van der Waals surface area contributed by atoms with Crippen LogP contribution in [0, 0.1) is 6.92 Å². The van der Waals surface area contributed by atoms with Gasteiger partial charge in [0, 0.05) is 19.3 Å². The van der Waals surface area contributed by atoms with Crippen molar-refractivity contribution in [1.29, 1.82) is 0 Å². The number of imide groups is 1. The van der Waals surface area contributed by atoms with E-state index < -0.39 is 6.04 Å². The lowest BCUT2D eigenvalue weighted by atomic mass is 10.00. The van der Waals surface area contributed by atoms with Crippen LogP contribution in [-0.2, 0) is 11.3 Å². The van der Waals surface area contributed by atoms with Crippen molar-refractivity contribution in [2.24, 2.45) is 0 Å². The molecule has 1 aliphatic rings. The number of imidazole rings is 1. The number of aromatic nitrogens is 2. The van der Waals surface area contributed by atoms with Gasteiger partial charge < -0.3 is 9.47 Å². The zero-order chi connectivity index (χ0) is 19.5. The minimum Gasteiger partial charge on any atom is -0.337 e. The quantitative estimate of drug-likeness (QED) is 0.671. The van der Waals surface area contributed by atoms with Crippen LogP contribution in [0.5, 0.6) is 0 Å². The van der Waals surface area contributed by atoms with Gasteiger partial charge in [-0.05, 0) is 30.0 Å². The number of aryl methyl sites for hydroxylation is 2. The second kappa shape index (κ2) is 7.68. The molecule has 2 heterocycles. The Bertz CT molecular complexity index is 979. The first-order valence-corrected chi connectivity index (χ1v) is 9.37. The van der Waals surface area contributed by atoms with E-state index in [4.69, 9.17) is 0 Å². The molecule has 1 aromatic heterocycles. The first-order chi connectivity index (χ1) is 13.6. The molecule has 0 spiro atoms. The fourth-order valence-electron chi connectivity index (χ4n) is 3.57. The lowest BCUT2D eigenvalue weighted by Crippen LogP contribution is -2.31. The molecule has 1 fully saturated rings. The number of carbonyl (C=O) groups excluding carboxylic acids is 2. The molecular formula is C22H22N4O2. The van der Waals surface area contributed by atoms with Crippen LogP contribution in [0.4, 0.5) is 4.79 Å². The molecule has 0 bridgehead atoms. The van der Waals surface area contributed by atoms with Crippen LogP contribution in [0.3, 0.4) is 0 Å². The van der Waals surface area contributed by atoms with Crippen molar-refractivity contribution in [1.82, 2.24) is 19.8 Å². The highest BCUT2D eigenvalue weighted by atomic mass is 16.2. The van der Waals surface area contributed by atoms with Gasteiger partial charge in [0.05, 0.1) is 12.0 Å². The molecule has 1 unspecified atom stereocenters. The van der Waals surface area contributed by atoms with E-state index in [0.717, 1.165) is 35.3 Å². The van der Waals surface area contributed by atoms with E-state index in [-0.39, 0.29) is 11.9 Å². The molecule has 1 aliphatic heterocycles. The normalized spacial score (nSPS) is 16.5. The Hall–Kier alpha value is -3.41. The zero-order valence-corrected chi connectivity index (χ0v) is 15.7. The summed E-state index contributed by atoms with van der Waals surface area (Å²) in [6, 6.07) is 17.0. The van der Waals surface area contributed by atoms with Gasteiger partial charge in [0.15, 0.2) is 0 Å². The number of benzene rings is 2. The van der Waals surface area contributed by atoms with Crippen LogP contribution >= 0.6 is 0 Å². The number of hydrogen-bond donors (Lipinski definition) is 1. The molecule has 3 amide bonds. The molecule has 6 heteroatoms. The summed E-state index contributed by atoms with van der Waals surface area (Å²) >= 11 is 0. The van der Waals surface area contributed by atoms with E-state index >= 15 is 0 Å². The zero-order valence-electron chi connectivity index (χ0n) is 15.7. The fourth-order valence-corrected chi connectivity index (χ4v) is 3.57. The smallest absolute Gasteiger partial charge is 0.325 e. The Balaban J connectivity index is 1.48. The van der Waals surface area contributed by atoms with Crippen molar-refractivity contribution in [3.63, 3.8) is 0 Å². The van der Waals surface area contributed by atoms with Crippen LogP contribution in [0.1, 0.15) is 23.7 Å². The van der Waals surface area contributed by atoms with Crippen LogP contribution in [0.2, 0.25) is 0 Å². The Kier molecular flexibility index (Phi) is 4.93. The lowest BCUT2D eigenvalue weighted by molar-refractivity contribution is -0.121. The third-order valence-corrected chi connectivity index (χ3v) is 4.96. The number of amides is 3. The largest absolute Gasteiger partial charge is 0.337 e. The van der Waals surface area contributed by atoms with E-state index in [2.05, 4.69) is 10.3 Å². The van der Waals surface area contributed by atoms with Gasteiger partial charge >= 0.3 is 6.03 Å². The number of urea groups is 1. The average Bonchev–Trinajstić information content (AvgIpc) is 3.25. The summed E-state index contributed by atoms with van der Waals surface area (Å²) in [7, 11) is 0. The van der Waals surface area contributed by atoms with Gasteiger partial charge in [0.2, 0.25) is 0 Å². The Labute approximate surface area is 163 Å². The number of nitrogens with one attached hydrogen (secondary N) is 1. The third kappa shape index (κ3) is 3.67. The van der Waals surface area contributed by atoms with Crippen molar-refractivity contribution in [2.45, 2.75) is 25.9 Å². The van der Waals surface area contributed by atoms with Gasteiger partial charge in [-0.1, -0.05) is 54.6 Å². The molecule has 28 heavy (non-hydrogen) atoms. The van der Waals surface area contributed by atoms with Gasteiger partial charge in [0.1, 0.15) is 6.04 Å². The molecule has 3 aromatic rings. The van der Waals surface area contributed by atoms with Crippen LogP contribution in [0.15, 0.2) is 67.1 Å². The number of nitrogens with zero attached hydrogens (tertiary/aromatic N) is 3. The predicted octanol–water partition coefficient (Wildman–Crippen LogP) is 3.54. The first-order valence-electron chi connectivity index (χ1n) is 9.37. The number of hydrogen-bond acceptors (Lipinski definition) is 3. The molecule has 142 valence electrons. The second-order valence-electron chi connectivity index (χ2n) is 6.98. The Morgan fingerprint density at radius 3 is 2.36 bits per heavy atom. The molecule has 0 aliphatic carbocycles. The third-order valence-electron chi connectivity index (χ3n) is 4.96. The summed E-state index contributed by atoms with van der Waals surface area (Å²) in [6.07, 6.45) is 4.49.